The van der Waals surface area contributed by atoms with Crippen molar-refractivity contribution in [3.63, 3.8) is 0 Å². The minimum absolute atomic E-state index is 0.183. The highest BCUT2D eigenvalue weighted by Gasteiger charge is 2.36. The molecule has 1 amide bonds. The molecule has 0 saturated heterocycles. The second kappa shape index (κ2) is 8.55. The van der Waals surface area contributed by atoms with Crippen molar-refractivity contribution in [2.75, 3.05) is 0 Å². The zero-order chi connectivity index (χ0) is 19.9. The van der Waals surface area contributed by atoms with Crippen LogP contribution in [0.5, 0.6) is 0 Å². The minimum atomic E-state index is -0.742. The molecule has 29 heavy (non-hydrogen) atoms. The van der Waals surface area contributed by atoms with Gasteiger partial charge < -0.3 is 0 Å². The molecule has 0 heterocycles. The van der Waals surface area contributed by atoms with E-state index in [1.165, 1.54) is 0 Å². The largest absolute Gasteiger partial charge is 0.286 e. The fourth-order valence-electron chi connectivity index (χ4n) is 3.59. The summed E-state index contributed by atoms with van der Waals surface area (Å²) in [6.07, 6.45) is 0. The summed E-state index contributed by atoms with van der Waals surface area (Å²) in [5.74, 6) is -0.183. The Bertz CT molecular complexity index is 952. The number of hydrogen-bond acceptors (Lipinski definition) is 2. The molecule has 0 aliphatic heterocycles. The van der Waals surface area contributed by atoms with Crippen LogP contribution in [0.2, 0.25) is 0 Å². The second-order valence-corrected chi connectivity index (χ2v) is 6.79. The SMILES string of the molecule is O=C(NNC(c1ccccc1)(c1ccccc1)c1ccccc1)c1ccccc1. The zero-order valence-corrected chi connectivity index (χ0v) is 16.0. The Morgan fingerprint density at radius 3 is 1.24 bits per heavy atom. The van der Waals surface area contributed by atoms with Gasteiger partial charge in [-0.05, 0) is 28.8 Å². The first-order chi connectivity index (χ1) is 14.3. The molecule has 0 bridgehead atoms. The molecule has 0 aromatic heterocycles. The van der Waals surface area contributed by atoms with E-state index in [2.05, 4.69) is 47.2 Å². The maximum absolute atomic E-state index is 12.8. The molecule has 0 aliphatic carbocycles. The number of carbonyl (C=O) groups is 1. The summed E-state index contributed by atoms with van der Waals surface area (Å²) >= 11 is 0. The molecule has 0 unspecified atom stereocenters. The molecule has 3 nitrogen and oxygen atoms in total. The van der Waals surface area contributed by atoms with Crippen LogP contribution >= 0.6 is 0 Å². The summed E-state index contributed by atoms with van der Waals surface area (Å²) in [4.78, 5) is 12.8. The molecule has 4 rings (SSSR count). The van der Waals surface area contributed by atoms with E-state index in [0.29, 0.717) is 5.56 Å². The number of carbonyl (C=O) groups excluding carboxylic acids is 1. The van der Waals surface area contributed by atoms with Gasteiger partial charge in [-0.3, -0.25) is 10.2 Å². The molecular formula is C26H22N2O. The topological polar surface area (TPSA) is 41.1 Å². The number of nitrogens with one attached hydrogen (secondary N) is 2. The number of rotatable bonds is 6. The van der Waals surface area contributed by atoms with Crippen LogP contribution in [-0.4, -0.2) is 5.91 Å². The molecule has 0 fully saturated rings. The smallest absolute Gasteiger partial charge is 0.265 e. The Morgan fingerprint density at radius 1 is 0.517 bits per heavy atom. The van der Waals surface area contributed by atoms with Gasteiger partial charge in [0, 0.05) is 5.56 Å². The van der Waals surface area contributed by atoms with Gasteiger partial charge in [-0.25, -0.2) is 5.43 Å². The molecule has 2 N–H and O–H groups in total. The van der Waals surface area contributed by atoms with E-state index in [1.54, 1.807) is 12.1 Å². The van der Waals surface area contributed by atoms with Gasteiger partial charge in [-0.15, -0.1) is 0 Å². The number of hydrogen-bond donors (Lipinski definition) is 2. The van der Waals surface area contributed by atoms with Crippen LogP contribution in [0.15, 0.2) is 121 Å². The lowest BCUT2D eigenvalue weighted by atomic mass is 9.77. The molecule has 142 valence electrons. The van der Waals surface area contributed by atoms with Gasteiger partial charge in [0.05, 0.1) is 0 Å². The summed E-state index contributed by atoms with van der Waals surface area (Å²) in [7, 11) is 0. The molecule has 0 aliphatic rings. The fraction of sp³-hybridized carbons (Fsp3) is 0.0385. The predicted octanol–water partition coefficient (Wildman–Crippen LogP) is 4.91. The summed E-state index contributed by atoms with van der Waals surface area (Å²) < 4.78 is 0. The van der Waals surface area contributed by atoms with Gasteiger partial charge in [-0.2, -0.15) is 0 Å². The number of hydrazine groups is 1. The third-order valence-electron chi connectivity index (χ3n) is 5.02. The van der Waals surface area contributed by atoms with E-state index in [-0.39, 0.29) is 5.91 Å². The third-order valence-corrected chi connectivity index (χ3v) is 5.02. The Hall–Kier alpha value is -3.69. The molecular weight excluding hydrogens is 356 g/mol. The summed E-state index contributed by atoms with van der Waals surface area (Å²) in [6, 6.07) is 39.7. The van der Waals surface area contributed by atoms with Crippen LogP contribution in [0.25, 0.3) is 0 Å². The van der Waals surface area contributed by atoms with Crippen LogP contribution in [0.1, 0.15) is 27.0 Å². The highest BCUT2D eigenvalue weighted by Crippen LogP contribution is 2.36. The molecule has 0 atom stereocenters. The lowest BCUT2D eigenvalue weighted by Gasteiger charge is -2.37. The maximum atomic E-state index is 12.8. The fourth-order valence-corrected chi connectivity index (χ4v) is 3.59. The van der Waals surface area contributed by atoms with Gasteiger partial charge in [-0.1, -0.05) is 109 Å². The van der Waals surface area contributed by atoms with E-state index in [1.807, 2.05) is 72.8 Å². The normalized spacial score (nSPS) is 11.0. The average Bonchev–Trinajstić information content (AvgIpc) is 2.82. The predicted molar refractivity (Wildman–Crippen MR) is 116 cm³/mol. The van der Waals surface area contributed by atoms with Gasteiger partial charge in [0.2, 0.25) is 0 Å². The summed E-state index contributed by atoms with van der Waals surface area (Å²) in [6.45, 7) is 0. The first-order valence-corrected chi connectivity index (χ1v) is 9.60. The van der Waals surface area contributed by atoms with Crippen molar-refractivity contribution < 1.29 is 4.79 Å². The van der Waals surface area contributed by atoms with E-state index < -0.39 is 5.54 Å². The van der Waals surface area contributed by atoms with Crippen LogP contribution < -0.4 is 10.9 Å². The molecule has 4 aromatic carbocycles. The van der Waals surface area contributed by atoms with E-state index in [4.69, 9.17) is 0 Å². The van der Waals surface area contributed by atoms with Gasteiger partial charge in [0.25, 0.3) is 5.91 Å². The molecule has 4 aromatic rings. The van der Waals surface area contributed by atoms with Crippen molar-refractivity contribution in [3.8, 4) is 0 Å². The second-order valence-electron chi connectivity index (χ2n) is 6.79. The van der Waals surface area contributed by atoms with Crippen molar-refractivity contribution in [2.45, 2.75) is 5.54 Å². The third kappa shape index (κ3) is 3.82. The Balaban J connectivity index is 1.83. The van der Waals surface area contributed by atoms with Crippen LogP contribution in [0.4, 0.5) is 0 Å². The average molecular weight is 378 g/mol. The zero-order valence-electron chi connectivity index (χ0n) is 16.0. The monoisotopic (exact) mass is 378 g/mol. The molecule has 0 saturated carbocycles. The molecule has 3 heteroatoms. The standard InChI is InChI=1S/C26H22N2O/c29-25(21-13-5-1-6-14-21)27-28-26(22-15-7-2-8-16-22,23-17-9-3-10-18-23)24-19-11-4-12-20-24/h1-20,28H,(H,27,29). The minimum Gasteiger partial charge on any atom is -0.286 e. The van der Waals surface area contributed by atoms with Crippen molar-refractivity contribution in [2.24, 2.45) is 0 Å². The number of amides is 1. The lowest BCUT2D eigenvalue weighted by Crippen LogP contribution is -2.53. The van der Waals surface area contributed by atoms with Crippen molar-refractivity contribution >= 4 is 5.91 Å². The van der Waals surface area contributed by atoms with E-state index in [0.717, 1.165) is 16.7 Å². The van der Waals surface area contributed by atoms with Crippen molar-refractivity contribution in [1.82, 2.24) is 10.9 Å². The van der Waals surface area contributed by atoms with Crippen molar-refractivity contribution in [3.05, 3.63) is 144 Å². The first kappa shape index (κ1) is 18.7. The Kier molecular flexibility index (Phi) is 5.50. The quantitative estimate of drug-likeness (QED) is 0.370. The maximum Gasteiger partial charge on any atom is 0.265 e. The first-order valence-electron chi connectivity index (χ1n) is 9.60. The lowest BCUT2D eigenvalue weighted by molar-refractivity contribution is 0.0918. The van der Waals surface area contributed by atoms with Gasteiger partial charge in [0.1, 0.15) is 5.54 Å². The van der Waals surface area contributed by atoms with E-state index >= 15 is 0 Å². The molecule has 0 spiro atoms. The Labute approximate surface area is 171 Å². The van der Waals surface area contributed by atoms with E-state index in [9.17, 15) is 4.79 Å². The summed E-state index contributed by atoms with van der Waals surface area (Å²) in [5.41, 5.74) is 9.28. The van der Waals surface area contributed by atoms with Crippen molar-refractivity contribution in [1.29, 1.82) is 0 Å². The highest BCUT2D eigenvalue weighted by molar-refractivity contribution is 5.93. The highest BCUT2D eigenvalue weighted by atomic mass is 16.2. The van der Waals surface area contributed by atoms with Crippen LogP contribution in [0.3, 0.4) is 0 Å². The van der Waals surface area contributed by atoms with Crippen LogP contribution in [0, 0.1) is 0 Å². The van der Waals surface area contributed by atoms with Crippen LogP contribution in [-0.2, 0) is 5.54 Å². The van der Waals surface area contributed by atoms with Gasteiger partial charge in [0.15, 0.2) is 0 Å². The number of benzene rings is 4. The Morgan fingerprint density at radius 2 is 0.862 bits per heavy atom. The molecule has 0 radical (unpaired) electrons. The van der Waals surface area contributed by atoms with Gasteiger partial charge >= 0.3 is 0 Å². The summed E-state index contributed by atoms with van der Waals surface area (Å²) in [5, 5.41) is 0.